The minimum absolute atomic E-state index is 0.594. The lowest BCUT2D eigenvalue weighted by atomic mass is 9.98. The van der Waals surface area contributed by atoms with E-state index in [1.54, 1.807) is 7.11 Å². The molecule has 2 heteroatoms. The summed E-state index contributed by atoms with van der Waals surface area (Å²) in [4.78, 5) is 0. The van der Waals surface area contributed by atoms with Crippen LogP contribution in [0.25, 0.3) is 33.4 Å². The molecular weight excluding hydrogens is 536 g/mol. The Balaban J connectivity index is 0.989. The topological polar surface area (TPSA) is 18.5 Å². The van der Waals surface area contributed by atoms with Crippen LogP contribution in [0.1, 0.15) is 33.4 Å². The van der Waals surface area contributed by atoms with Crippen molar-refractivity contribution in [1.29, 1.82) is 0 Å². The molecule has 44 heavy (non-hydrogen) atoms. The van der Waals surface area contributed by atoms with E-state index in [1.165, 1.54) is 66.8 Å². The number of aryl methyl sites for hydroxylation is 1. The zero-order valence-corrected chi connectivity index (χ0v) is 25.5. The van der Waals surface area contributed by atoms with Gasteiger partial charge in [-0.1, -0.05) is 151 Å². The average molecular weight is 575 g/mol. The van der Waals surface area contributed by atoms with Crippen molar-refractivity contribution < 1.29 is 9.47 Å². The normalized spacial score (nSPS) is 11.0. The Kier molecular flexibility index (Phi) is 9.42. The van der Waals surface area contributed by atoms with Gasteiger partial charge >= 0.3 is 0 Å². The van der Waals surface area contributed by atoms with E-state index in [4.69, 9.17) is 9.47 Å². The van der Waals surface area contributed by atoms with Crippen molar-refractivity contribution in [2.24, 2.45) is 0 Å². The first kappa shape index (κ1) is 29.3. The second-order valence-corrected chi connectivity index (χ2v) is 11.5. The van der Waals surface area contributed by atoms with Gasteiger partial charge in [0, 0.05) is 7.11 Å². The maximum atomic E-state index is 6.03. The molecule has 0 radical (unpaired) electrons. The molecule has 218 valence electrons. The first-order valence-electron chi connectivity index (χ1n) is 15.2. The van der Waals surface area contributed by atoms with Crippen molar-refractivity contribution in [2.45, 2.75) is 33.2 Å². The van der Waals surface area contributed by atoms with Crippen molar-refractivity contribution in [1.82, 2.24) is 0 Å². The fraction of sp³-hybridized carbons (Fsp3) is 0.143. The molecule has 0 saturated carbocycles. The predicted octanol–water partition coefficient (Wildman–Crippen LogP) is 10.5. The number of hydrogen-bond donors (Lipinski definition) is 0. The van der Waals surface area contributed by atoms with E-state index in [2.05, 4.69) is 153 Å². The smallest absolute Gasteiger partial charge is 0.0721 e. The summed E-state index contributed by atoms with van der Waals surface area (Å²) < 4.78 is 11.2. The Labute approximate surface area is 261 Å². The molecule has 6 aromatic carbocycles. The highest BCUT2D eigenvalue weighted by atomic mass is 16.5. The van der Waals surface area contributed by atoms with E-state index in [-0.39, 0.29) is 0 Å². The fourth-order valence-electron chi connectivity index (χ4n) is 5.45. The van der Waals surface area contributed by atoms with Crippen LogP contribution in [0.4, 0.5) is 0 Å². The molecule has 0 N–H and O–H groups in total. The summed E-state index contributed by atoms with van der Waals surface area (Å²) in [5.74, 6) is 0. The maximum absolute atomic E-state index is 6.03. The van der Waals surface area contributed by atoms with Crippen molar-refractivity contribution in [3.05, 3.63) is 179 Å². The molecule has 0 fully saturated rings. The Hall–Kier alpha value is -4.76. The minimum atomic E-state index is 0.594. The van der Waals surface area contributed by atoms with E-state index in [9.17, 15) is 0 Å². The standard InChI is InChI=1S/C42H38O2/c1-31-3-15-37(16-4-31)40-23-11-35(12-24-40)29-44-30-36-13-25-42(26-14-36)39-19-7-33(8-20-39)27-32-5-17-38(18-6-32)41-21-9-34(10-22-41)28-43-2/h3-26H,27-30H2,1-2H3. The summed E-state index contributed by atoms with van der Waals surface area (Å²) in [6.45, 7) is 3.95. The van der Waals surface area contributed by atoms with Crippen LogP contribution in [0, 0.1) is 6.92 Å². The molecule has 0 bridgehead atoms. The molecule has 0 spiro atoms. The van der Waals surface area contributed by atoms with E-state index in [0.717, 1.165) is 6.42 Å². The monoisotopic (exact) mass is 574 g/mol. The number of hydrogen-bond acceptors (Lipinski definition) is 2. The van der Waals surface area contributed by atoms with Gasteiger partial charge < -0.3 is 9.47 Å². The van der Waals surface area contributed by atoms with Gasteiger partial charge in [0.05, 0.1) is 19.8 Å². The summed E-state index contributed by atoms with van der Waals surface area (Å²) >= 11 is 0. The van der Waals surface area contributed by atoms with Gasteiger partial charge in [0.1, 0.15) is 0 Å². The van der Waals surface area contributed by atoms with Crippen LogP contribution in [0.15, 0.2) is 146 Å². The van der Waals surface area contributed by atoms with Crippen molar-refractivity contribution in [2.75, 3.05) is 7.11 Å². The average Bonchev–Trinajstić information content (AvgIpc) is 3.07. The van der Waals surface area contributed by atoms with Gasteiger partial charge in [0.25, 0.3) is 0 Å². The number of methoxy groups -OCH3 is 1. The van der Waals surface area contributed by atoms with E-state index >= 15 is 0 Å². The Bertz CT molecular complexity index is 1750. The number of rotatable bonds is 11. The van der Waals surface area contributed by atoms with Crippen LogP contribution in [0.3, 0.4) is 0 Å². The molecule has 0 saturated heterocycles. The third-order valence-corrected chi connectivity index (χ3v) is 8.08. The third-order valence-electron chi connectivity index (χ3n) is 8.08. The highest BCUT2D eigenvalue weighted by Crippen LogP contribution is 2.25. The Morgan fingerprint density at radius 1 is 0.341 bits per heavy atom. The summed E-state index contributed by atoms with van der Waals surface area (Å²) in [5.41, 5.74) is 14.8. The minimum Gasteiger partial charge on any atom is -0.380 e. The quantitative estimate of drug-likeness (QED) is 0.153. The summed E-state index contributed by atoms with van der Waals surface area (Å²) in [5, 5.41) is 0. The van der Waals surface area contributed by atoms with Gasteiger partial charge in [0.15, 0.2) is 0 Å². The molecule has 6 rings (SSSR count). The number of benzene rings is 6. The zero-order valence-electron chi connectivity index (χ0n) is 25.5. The summed E-state index contributed by atoms with van der Waals surface area (Å²) in [6, 6.07) is 52.4. The van der Waals surface area contributed by atoms with Gasteiger partial charge in [-0.25, -0.2) is 0 Å². The summed E-state index contributed by atoms with van der Waals surface area (Å²) in [6.07, 6.45) is 0.915. The second kappa shape index (κ2) is 14.1. The van der Waals surface area contributed by atoms with Crippen LogP contribution in [0.2, 0.25) is 0 Å². The number of ether oxygens (including phenoxy) is 2. The molecule has 0 amide bonds. The Morgan fingerprint density at radius 2 is 0.614 bits per heavy atom. The van der Waals surface area contributed by atoms with Crippen molar-refractivity contribution >= 4 is 0 Å². The third kappa shape index (κ3) is 7.60. The van der Waals surface area contributed by atoms with E-state index < -0.39 is 0 Å². The Morgan fingerprint density at radius 3 is 0.932 bits per heavy atom. The molecular formula is C42H38O2. The molecule has 0 heterocycles. The highest BCUT2D eigenvalue weighted by Gasteiger charge is 2.04. The van der Waals surface area contributed by atoms with Gasteiger partial charge in [-0.05, 0) is 74.5 Å². The molecule has 0 unspecified atom stereocenters. The highest BCUT2D eigenvalue weighted by molar-refractivity contribution is 5.66. The molecule has 0 atom stereocenters. The first-order chi connectivity index (χ1) is 21.6. The van der Waals surface area contributed by atoms with E-state index in [1.807, 2.05) is 0 Å². The zero-order chi connectivity index (χ0) is 30.1. The van der Waals surface area contributed by atoms with Crippen LogP contribution in [0.5, 0.6) is 0 Å². The van der Waals surface area contributed by atoms with Gasteiger partial charge in [-0.3, -0.25) is 0 Å². The first-order valence-corrected chi connectivity index (χ1v) is 15.2. The fourth-order valence-corrected chi connectivity index (χ4v) is 5.45. The molecule has 6 aromatic rings. The van der Waals surface area contributed by atoms with Crippen LogP contribution in [-0.4, -0.2) is 7.11 Å². The van der Waals surface area contributed by atoms with Crippen LogP contribution < -0.4 is 0 Å². The SMILES string of the molecule is COCc1ccc(-c2ccc(Cc3ccc(-c4ccc(COCc5ccc(-c6ccc(C)cc6)cc5)cc4)cc3)cc2)cc1. The van der Waals surface area contributed by atoms with Gasteiger partial charge in [-0.15, -0.1) is 0 Å². The predicted molar refractivity (Wildman–Crippen MR) is 182 cm³/mol. The lowest BCUT2D eigenvalue weighted by Crippen LogP contribution is -1.94. The maximum Gasteiger partial charge on any atom is 0.0721 e. The molecule has 2 nitrogen and oxygen atoms in total. The molecule has 0 aromatic heterocycles. The van der Waals surface area contributed by atoms with Gasteiger partial charge in [0.2, 0.25) is 0 Å². The molecule has 0 aliphatic carbocycles. The van der Waals surface area contributed by atoms with Crippen molar-refractivity contribution in [3.63, 3.8) is 0 Å². The van der Waals surface area contributed by atoms with E-state index in [0.29, 0.717) is 19.8 Å². The largest absolute Gasteiger partial charge is 0.380 e. The van der Waals surface area contributed by atoms with Crippen LogP contribution >= 0.6 is 0 Å². The van der Waals surface area contributed by atoms with Crippen LogP contribution in [-0.2, 0) is 35.7 Å². The lowest BCUT2D eigenvalue weighted by Gasteiger charge is -2.09. The van der Waals surface area contributed by atoms with Gasteiger partial charge in [-0.2, -0.15) is 0 Å². The van der Waals surface area contributed by atoms with Crippen molar-refractivity contribution in [3.8, 4) is 33.4 Å². The lowest BCUT2D eigenvalue weighted by molar-refractivity contribution is 0.107. The second-order valence-electron chi connectivity index (χ2n) is 11.5. The molecule has 0 aliphatic rings. The summed E-state index contributed by atoms with van der Waals surface area (Å²) in [7, 11) is 1.73. The molecule has 0 aliphatic heterocycles.